The molecule has 0 aliphatic carbocycles. The van der Waals surface area contributed by atoms with Crippen molar-refractivity contribution >= 4 is 49.7 Å². The summed E-state index contributed by atoms with van der Waals surface area (Å²) in [4.78, 5) is 26.6. The zero-order valence-electron chi connectivity index (χ0n) is 16.9. The molecule has 2 unspecified atom stereocenters. The van der Waals surface area contributed by atoms with Crippen LogP contribution >= 0.6 is 22.9 Å². The van der Waals surface area contributed by atoms with E-state index in [9.17, 15) is 18.1 Å². The maximum Gasteiger partial charge on any atom is 0.415 e. The summed E-state index contributed by atoms with van der Waals surface area (Å²) in [7, 11) is -3.93. The van der Waals surface area contributed by atoms with Gasteiger partial charge in [0.2, 0.25) is 16.6 Å². The molecule has 1 amide bonds. The number of nitrogens with zero attached hydrogens (tertiary/aromatic N) is 2. The number of cyclic esters (lactones) is 1. The molecule has 2 aliphatic heterocycles. The van der Waals surface area contributed by atoms with E-state index >= 15 is 0 Å². The van der Waals surface area contributed by atoms with Gasteiger partial charge in [-0.1, -0.05) is 47.2 Å². The van der Waals surface area contributed by atoms with Gasteiger partial charge in [-0.25, -0.2) is 18.4 Å². The van der Waals surface area contributed by atoms with E-state index in [2.05, 4.69) is 0 Å². The van der Waals surface area contributed by atoms with Crippen LogP contribution in [-0.2, 0) is 14.8 Å². The number of hydrogen-bond acceptors (Lipinski definition) is 7. The van der Waals surface area contributed by atoms with Crippen molar-refractivity contribution in [2.45, 2.75) is 17.0 Å². The topological polar surface area (TPSA) is 119 Å². The van der Waals surface area contributed by atoms with E-state index in [1.807, 2.05) is 0 Å². The normalized spacial score (nSPS) is 19.5. The lowest BCUT2D eigenvalue weighted by Gasteiger charge is -2.30. The molecule has 0 bridgehead atoms. The van der Waals surface area contributed by atoms with Crippen LogP contribution in [-0.4, -0.2) is 44.6 Å². The van der Waals surface area contributed by atoms with Gasteiger partial charge in [0.05, 0.1) is 19.7 Å². The Balaban J connectivity index is 1.43. The highest BCUT2D eigenvalue weighted by molar-refractivity contribution is 7.89. The molecule has 1 aromatic heterocycles. The molecule has 0 saturated carbocycles. The van der Waals surface area contributed by atoms with Crippen LogP contribution in [0.1, 0.15) is 0 Å². The van der Waals surface area contributed by atoms with E-state index < -0.39 is 28.3 Å². The number of anilines is 1. The van der Waals surface area contributed by atoms with Crippen molar-refractivity contribution in [3.8, 4) is 16.9 Å². The van der Waals surface area contributed by atoms with Crippen LogP contribution in [0.25, 0.3) is 11.1 Å². The van der Waals surface area contributed by atoms with Crippen LogP contribution in [0.15, 0.2) is 59.5 Å². The van der Waals surface area contributed by atoms with Crippen LogP contribution < -0.4 is 14.8 Å². The summed E-state index contributed by atoms with van der Waals surface area (Å²) in [5.41, 5.74) is 1.47. The summed E-state index contributed by atoms with van der Waals surface area (Å²) < 4.78 is 36.6. The number of ether oxygens (including phenoxy) is 2. The fourth-order valence-electron chi connectivity index (χ4n) is 4.00. The molecular formula is C21H17ClN3O6S2+. The summed E-state index contributed by atoms with van der Waals surface area (Å²) in [6.45, 7) is 0.0466. The summed E-state index contributed by atoms with van der Waals surface area (Å²) in [6, 6.07) is 14.1. The highest BCUT2D eigenvalue weighted by atomic mass is 35.5. The first kappa shape index (κ1) is 21.8. The van der Waals surface area contributed by atoms with Crippen LogP contribution in [0.5, 0.6) is 5.75 Å². The van der Waals surface area contributed by atoms with Crippen molar-refractivity contribution in [1.29, 1.82) is 0 Å². The maximum absolute atomic E-state index is 12.7. The van der Waals surface area contributed by atoms with Crippen LogP contribution in [0.4, 0.5) is 15.5 Å². The van der Waals surface area contributed by atoms with Gasteiger partial charge >= 0.3 is 11.1 Å². The summed E-state index contributed by atoms with van der Waals surface area (Å²) in [5.74, 6) is 0.398. The fourth-order valence-corrected chi connectivity index (χ4v) is 5.71. The van der Waals surface area contributed by atoms with Gasteiger partial charge in [0.25, 0.3) is 0 Å². The Kier molecular flexibility index (Phi) is 5.36. The lowest BCUT2D eigenvalue weighted by Crippen LogP contribution is -2.46. The number of nitroso groups, excluding NO2 is 1. The van der Waals surface area contributed by atoms with Crippen molar-refractivity contribution in [1.82, 2.24) is 0 Å². The Hall–Kier alpha value is -2.99. The summed E-state index contributed by atoms with van der Waals surface area (Å²) in [6.07, 6.45) is -1.28. The molecule has 12 heteroatoms. The van der Waals surface area contributed by atoms with Gasteiger partial charge in [-0.15, -0.1) is 0 Å². The van der Waals surface area contributed by atoms with E-state index in [0.717, 1.165) is 16.1 Å². The van der Waals surface area contributed by atoms with Crippen molar-refractivity contribution in [3.05, 3.63) is 63.8 Å². The molecule has 0 spiro atoms. The second-order valence-electron chi connectivity index (χ2n) is 7.53. The number of carbonyl (C=O) groups is 1. The molecule has 2 aromatic carbocycles. The van der Waals surface area contributed by atoms with Crippen molar-refractivity contribution in [2.24, 2.45) is 5.14 Å². The third kappa shape index (κ3) is 3.97. The molecule has 33 heavy (non-hydrogen) atoms. The van der Waals surface area contributed by atoms with E-state index in [-0.39, 0.29) is 18.0 Å². The average molecular weight is 507 g/mol. The molecule has 170 valence electrons. The predicted octanol–water partition coefficient (Wildman–Crippen LogP) is 3.91. The molecule has 2 atom stereocenters. The van der Waals surface area contributed by atoms with Crippen LogP contribution in [0.3, 0.4) is 0 Å². The quantitative estimate of drug-likeness (QED) is 0.524. The zero-order chi connectivity index (χ0) is 23.3. The number of sulfonamides is 1. The van der Waals surface area contributed by atoms with Gasteiger partial charge in [0.15, 0.2) is 6.10 Å². The maximum atomic E-state index is 12.7. The third-order valence-electron chi connectivity index (χ3n) is 5.49. The highest BCUT2D eigenvalue weighted by Gasteiger charge is 2.49. The Morgan fingerprint density at radius 1 is 1.18 bits per heavy atom. The predicted molar refractivity (Wildman–Crippen MR) is 123 cm³/mol. The summed E-state index contributed by atoms with van der Waals surface area (Å²) in [5, 5.41) is 5.78. The average Bonchev–Trinajstić information content (AvgIpc) is 3.36. The van der Waals surface area contributed by atoms with Gasteiger partial charge in [-0.3, -0.25) is 4.90 Å². The van der Waals surface area contributed by atoms with E-state index in [0.29, 0.717) is 31.9 Å². The Labute approximate surface area is 197 Å². The van der Waals surface area contributed by atoms with Gasteiger partial charge in [-0.05, 0) is 29.8 Å². The monoisotopic (exact) mass is 506 g/mol. The lowest BCUT2D eigenvalue weighted by molar-refractivity contribution is -0.469. The number of benzene rings is 2. The molecule has 3 aromatic rings. The van der Waals surface area contributed by atoms with Crippen LogP contribution in [0, 0.1) is 4.91 Å². The van der Waals surface area contributed by atoms with Crippen LogP contribution in [0.2, 0.25) is 4.34 Å². The minimum atomic E-state index is -3.93. The SMILES string of the molecule is NS(=O)(=O)c1ccccc1-c1ccc2c(c1)OCC1C(C[N+](=O)c3ccc(Cl)s3)OC(=O)N21. The largest absolute Gasteiger partial charge is 0.489 e. The highest BCUT2D eigenvalue weighted by Crippen LogP contribution is 2.42. The van der Waals surface area contributed by atoms with Crippen molar-refractivity contribution < 1.29 is 27.4 Å². The first-order chi connectivity index (χ1) is 15.7. The van der Waals surface area contributed by atoms with Gasteiger partial charge in [-0.2, -0.15) is 0 Å². The van der Waals surface area contributed by atoms with E-state index in [1.54, 1.807) is 48.5 Å². The standard InChI is InChI=1S/C21H17ClN3O6S2/c22-19-7-8-20(32-19)24(27)10-17-15-11-30-16-9-12(5-6-14(16)25(15)21(26)31-17)13-3-1-2-4-18(13)33(23,28)29/h1-9,15,17H,10-11H2,(H2,23,28,29)/q+1. The molecule has 1 saturated heterocycles. The zero-order valence-corrected chi connectivity index (χ0v) is 19.3. The van der Waals surface area contributed by atoms with Crippen molar-refractivity contribution in [3.63, 3.8) is 0 Å². The third-order valence-corrected chi connectivity index (χ3v) is 7.70. The Morgan fingerprint density at radius 2 is 1.97 bits per heavy atom. The number of hydrogen-bond donors (Lipinski definition) is 1. The molecule has 1 fully saturated rings. The number of rotatable bonds is 5. The number of nitrogens with two attached hydrogens (primary N) is 1. The van der Waals surface area contributed by atoms with Crippen molar-refractivity contribution in [2.75, 3.05) is 18.1 Å². The van der Waals surface area contributed by atoms with E-state index in [1.165, 1.54) is 11.0 Å². The Morgan fingerprint density at radius 3 is 2.70 bits per heavy atom. The fraction of sp³-hybridized carbons (Fsp3) is 0.190. The molecule has 5 rings (SSSR count). The van der Waals surface area contributed by atoms with E-state index in [4.69, 9.17) is 26.2 Å². The number of halogens is 1. The summed E-state index contributed by atoms with van der Waals surface area (Å²) >= 11 is 7.04. The van der Waals surface area contributed by atoms with Gasteiger partial charge in [0, 0.05) is 16.5 Å². The lowest BCUT2D eigenvalue weighted by atomic mass is 10.0. The first-order valence-corrected chi connectivity index (χ1v) is 12.6. The number of thiophene rings is 1. The molecular weight excluding hydrogens is 490 g/mol. The molecule has 2 N–H and O–H groups in total. The van der Waals surface area contributed by atoms with Gasteiger partial charge < -0.3 is 9.47 Å². The second kappa shape index (κ2) is 8.10. The molecule has 0 radical (unpaired) electrons. The number of fused-ring (bicyclic) bond motifs is 3. The molecule has 3 heterocycles. The number of amides is 1. The molecule has 2 aliphatic rings. The number of primary sulfonamides is 1. The second-order valence-corrected chi connectivity index (χ2v) is 10.8. The smallest absolute Gasteiger partial charge is 0.415 e. The minimum Gasteiger partial charge on any atom is -0.489 e. The number of carbonyl (C=O) groups excluding carboxylic acids is 1. The minimum absolute atomic E-state index is 0.0106. The molecule has 9 nitrogen and oxygen atoms in total. The van der Waals surface area contributed by atoms with Gasteiger partial charge in [0.1, 0.15) is 18.4 Å². The first-order valence-electron chi connectivity index (χ1n) is 9.81. The Bertz CT molecular complexity index is 1390.